The molecule has 1 amide bonds. The summed E-state index contributed by atoms with van der Waals surface area (Å²) >= 11 is 0. The van der Waals surface area contributed by atoms with Crippen LogP contribution in [0.4, 0.5) is 10.1 Å². The lowest BCUT2D eigenvalue weighted by Crippen LogP contribution is -2.29. The third-order valence-corrected chi connectivity index (χ3v) is 3.21. The Bertz CT molecular complexity index is 769. The van der Waals surface area contributed by atoms with Gasteiger partial charge in [-0.1, -0.05) is 6.07 Å². The molecule has 0 aliphatic carbocycles. The molecule has 118 valence electrons. The van der Waals surface area contributed by atoms with Crippen LogP contribution >= 0.6 is 0 Å². The number of amides is 1. The Labute approximate surface area is 131 Å². The fraction of sp³-hybridized carbons (Fsp3) is 0.125. The van der Waals surface area contributed by atoms with Gasteiger partial charge in [-0.05, 0) is 30.3 Å². The molecule has 2 heterocycles. The highest BCUT2D eigenvalue weighted by atomic mass is 19.1. The first-order chi connectivity index (χ1) is 11.2. The molecule has 0 fully saturated rings. The smallest absolute Gasteiger partial charge is 0.239 e. The van der Waals surface area contributed by atoms with Crippen LogP contribution in [0.5, 0.6) is 0 Å². The third-order valence-electron chi connectivity index (χ3n) is 3.21. The number of carbonyl (C=O) groups excluding carboxylic acids is 1. The zero-order valence-electron chi connectivity index (χ0n) is 12.2. The van der Waals surface area contributed by atoms with Gasteiger partial charge in [0.2, 0.25) is 5.91 Å². The number of halogens is 1. The van der Waals surface area contributed by atoms with Crippen molar-refractivity contribution in [1.29, 1.82) is 0 Å². The number of nitrogens with one attached hydrogen (secondary N) is 2. The van der Waals surface area contributed by atoms with Crippen LogP contribution in [-0.4, -0.2) is 22.2 Å². The third kappa shape index (κ3) is 3.57. The number of benzene rings is 1. The van der Waals surface area contributed by atoms with Gasteiger partial charge in [0.25, 0.3) is 0 Å². The van der Waals surface area contributed by atoms with Crippen LogP contribution in [0.2, 0.25) is 0 Å². The zero-order valence-corrected chi connectivity index (χ0v) is 12.2. The van der Waals surface area contributed by atoms with Crippen molar-refractivity contribution in [3.63, 3.8) is 0 Å². The Kier molecular flexibility index (Phi) is 4.37. The molecule has 6 nitrogen and oxygen atoms in total. The fourth-order valence-electron chi connectivity index (χ4n) is 2.12. The van der Waals surface area contributed by atoms with Gasteiger partial charge in [0.1, 0.15) is 11.6 Å². The maximum Gasteiger partial charge on any atom is 0.239 e. The molecule has 23 heavy (non-hydrogen) atoms. The van der Waals surface area contributed by atoms with Crippen molar-refractivity contribution < 1.29 is 13.6 Å². The van der Waals surface area contributed by atoms with Gasteiger partial charge in [0.15, 0.2) is 0 Å². The van der Waals surface area contributed by atoms with Crippen LogP contribution in [-0.2, 0) is 11.3 Å². The van der Waals surface area contributed by atoms with Crippen LogP contribution in [0.1, 0.15) is 5.76 Å². The van der Waals surface area contributed by atoms with E-state index in [0.29, 0.717) is 11.4 Å². The predicted octanol–water partition coefficient (Wildman–Crippen LogP) is 2.33. The molecule has 0 unspecified atom stereocenters. The first-order valence-electron chi connectivity index (χ1n) is 7.05. The summed E-state index contributed by atoms with van der Waals surface area (Å²) in [6.07, 6.45) is 4.84. The van der Waals surface area contributed by atoms with Crippen molar-refractivity contribution in [2.24, 2.45) is 0 Å². The Morgan fingerprint density at radius 1 is 1.26 bits per heavy atom. The van der Waals surface area contributed by atoms with Crippen molar-refractivity contribution in [3.8, 4) is 5.69 Å². The summed E-state index contributed by atoms with van der Waals surface area (Å²) in [6, 6.07) is 9.89. The summed E-state index contributed by atoms with van der Waals surface area (Å²) in [5.74, 6) is -0.0608. The lowest BCUT2D eigenvalue weighted by atomic mass is 10.2. The van der Waals surface area contributed by atoms with E-state index in [0.717, 1.165) is 0 Å². The number of furan rings is 1. The number of hydrogen-bond acceptors (Lipinski definition) is 4. The number of para-hydroxylation sites is 1. The first kappa shape index (κ1) is 14.8. The molecule has 0 bridgehead atoms. The molecular weight excluding hydrogens is 299 g/mol. The van der Waals surface area contributed by atoms with Gasteiger partial charge in [-0.3, -0.25) is 4.79 Å². The Hall–Kier alpha value is -3.09. The standard InChI is InChI=1S/C16H15FN4O2/c17-13-5-1-6-14(21-8-3-7-20-21)16(13)19-11-15(22)18-10-12-4-2-9-23-12/h1-9,19H,10-11H2,(H,18,22). The van der Waals surface area contributed by atoms with Gasteiger partial charge in [-0.15, -0.1) is 0 Å². The molecule has 0 saturated heterocycles. The maximum atomic E-state index is 14.1. The maximum absolute atomic E-state index is 14.1. The number of aromatic nitrogens is 2. The van der Waals surface area contributed by atoms with Crippen LogP contribution in [0.15, 0.2) is 59.5 Å². The quantitative estimate of drug-likeness (QED) is 0.732. The summed E-state index contributed by atoms with van der Waals surface area (Å²) in [4.78, 5) is 11.9. The molecular formula is C16H15FN4O2. The summed E-state index contributed by atoms with van der Waals surface area (Å²) in [6.45, 7) is 0.229. The van der Waals surface area contributed by atoms with E-state index in [2.05, 4.69) is 15.7 Å². The predicted molar refractivity (Wildman–Crippen MR) is 82.6 cm³/mol. The highest BCUT2D eigenvalue weighted by Gasteiger charge is 2.11. The molecule has 3 rings (SSSR count). The molecule has 0 aliphatic heterocycles. The van der Waals surface area contributed by atoms with E-state index in [1.54, 1.807) is 42.7 Å². The minimum Gasteiger partial charge on any atom is -0.467 e. The van der Waals surface area contributed by atoms with Crippen molar-refractivity contribution in [2.45, 2.75) is 6.54 Å². The molecule has 2 N–H and O–H groups in total. The van der Waals surface area contributed by atoms with E-state index in [1.165, 1.54) is 17.0 Å². The van der Waals surface area contributed by atoms with E-state index in [1.807, 2.05) is 0 Å². The van der Waals surface area contributed by atoms with Crippen LogP contribution in [0.3, 0.4) is 0 Å². The monoisotopic (exact) mass is 314 g/mol. The molecule has 0 saturated carbocycles. The second kappa shape index (κ2) is 6.78. The van der Waals surface area contributed by atoms with E-state index in [-0.39, 0.29) is 24.7 Å². The minimum absolute atomic E-state index is 0.0596. The summed E-state index contributed by atoms with van der Waals surface area (Å²) in [5, 5.41) is 9.59. The number of hydrogen-bond donors (Lipinski definition) is 2. The number of rotatable bonds is 6. The summed E-state index contributed by atoms with van der Waals surface area (Å²) in [5.41, 5.74) is 0.762. The van der Waals surface area contributed by atoms with Gasteiger partial charge in [0, 0.05) is 12.4 Å². The fourth-order valence-corrected chi connectivity index (χ4v) is 2.12. The lowest BCUT2D eigenvalue weighted by Gasteiger charge is -2.13. The largest absolute Gasteiger partial charge is 0.467 e. The lowest BCUT2D eigenvalue weighted by molar-refractivity contribution is -0.119. The summed E-state index contributed by atoms with van der Waals surface area (Å²) < 4.78 is 20.7. The normalized spacial score (nSPS) is 10.5. The van der Waals surface area contributed by atoms with Gasteiger partial charge < -0.3 is 15.1 Å². The van der Waals surface area contributed by atoms with Gasteiger partial charge >= 0.3 is 0 Å². The molecule has 0 spiro atoms. The highest BCUT2D eigenvalue weighted by molar-refractivity contribution is 5.81. The van der Waals surface area contributed by atoms with Crippen molar-refractivity contribution in [1.82, 2.24) is 15.1 Å². The molecule has 0 atom stereocenters. The van der Waals surface area contributed by atoms with Crippen molar-refractivity contribution in [2.75, 3.05) is 11.9 Å². The van der Waals surface area contributed by atoms with Crippen LogP contribution in [0, 0.1) is 5.82 Å². The number of nitrogens with zero attached hydrogens (tertiary/aromatic N) is 2. The molecule has 7 heteroatoms. The van der Waals surface area contributed by atoms with Gasteiger partial charge in [-0.25, -0.2) is 9.07 Å². The average Bonchev–Trinajstić information content (AvgIpc) is 3.24. The SMILES string of the molecule is O=C(CNc1c(F)cccc1-n1cccn1)NCc1ccco1. The second-order valence-electron chi connectivity index (χ2n) is 4.79. The van der Waals surface area contributed by atoms with Gasteiger partial charge in [-0.2, -0.15) is 5.10 Å². The number of carbonyl (C=O) groups is 1. The van der Waals surface area contributed by atoms with E-state index < -0.39 is 5.82 Å². The summed E-state index contributed by atoms with van der Waals surface area (Å²) in [7, 11) is 0. The van der Waals surface area contributed by atoms with Crippen LogP contribution < -0.4 is 10.6 Å². The highest BCUT2D eigenvalue weighted by Crippen LogP contribution is 2.22. The van der Waals surface area contributed by atoms with Gasteiger partial charge in [0.05, 0.1) is 30.7 Å². The van der Waals surface area contributed by atoms with Crippen LogP contribution in [0.25, 0.3) is 5.69 Å². The zero-order chi connectivity index (χ0) is 16.1. The number of anilines is 1. The molecule has 0 radical (unpaired) electrons. The molecule has 0 aliphatic rings. The second-order valence-corrected chi connectivity index (χ2v) is 4.79. The van der Waals surface area contributed by atoms with Crippen molar-refractivity contribution >= 4 is 11.6 Å². The van der Waals surface area contributed by atoms with E-state index in [4.69, 9.17) is 4.42 Å². The minimum atomic E-state index is -0.447. The molecule has 2 aromatic heterocycles. The van der Waals surface area contributed by atoms with Crippen molar-refractivity contribution in [3.05, 3.63) is 66.6 Å². The Morgan fingerprint density at radius 3 is 2.91 bits per heavy atom. The Balaban J connectivity index is 1.65. The topological polar surface area (TPSA) is 72.1 Å². The first-order valence-corrected chi connectivity index (χ1v) is 7.05. The Morgan fingerprint density at radius 2 is 2.17 bits per heavy atom. The van der Waals surface area contributed by atoms with E-state index >= 15 is 0 Å². The average molecular weight is 314 g/mol. The molecule has 3 aromatic rings. The van der Waals surface area contributed by atoms with E-state index in [9.17, 15) is 9.18 Å². The molecule has 1 aromatic carbocycles.